The summed E-state index contributed by atoms with van der Waals surface area (Å²) in [5, 5.41) is 16.7. The number of hydrogen-bond acceptors (Lipinski definition) is 6. The van der Waals surface area contributed by atoms with E-state index < -0.39 is 0 Å². The van der Waals surface area contributed by atoms with E-state index in [1.165, 1.54) is 16.9 Å². The van der Waals surface area contributed by atoms with Crippen LogP contribution in [-0.2, 0) is 6.54 Å². The molecule has 2 aromatic heterocycles. The maximum absolute atomic E-state index is 13.0. The predicted molar refractivity (Wildman–Crippen MR) is 87.1 cm³/mol. The Morgan fingerprint density at radius 3 is 2.68 bits per heavy atom. The molecule has 2 aromatic carbocycles. The number of benzene rings is 2. The highest BCUT2D eigenvalue weighted by Gasteiger charge is 2.12. The zero-order valence-corrected chi connectivity index (χ0v) is 13.4. The summed E-state index contributed by atoms with van der Waals surface area (Å²) in [4.78, 5) is 5.60. The van der Waals surface area contributed by atoms with Gasteiger partial charge in [-0.1, -0.05) is 28.9 Å². The van der Waals surface area contributed by atoms with Crippen molar-refractivity contribution in [2.75, 3.05) is 0 Å². The fourth-order valence-electron chi connectivity index (χ4n) is 2.21. The largest absolute Gasteiger partial charge is 0.337 e. The Kier molecular flexibility index (Phi) is 3.95. The molecule has 25 heavy (non-hydrogen) atoms. The van der Waals surface area contributed by atoms with Gasteiger partial charge in [0.1, 0.15) is 12.4 Å². The molecule has 0 radical (unpaired) electrons. The lowest BCUT2D eigenvalue weighted by molar-refractivity contribution is 0.356. The third kappa shape index (κ3) is 3.38. The van der Waals surface area contributed by atoms with Gasteiger partial charge in [0.05, 0.1) is 0 Å². The minimum atomic E-state index is -0.326. The summed E-state index contributed by atoms with van der Waals surface area (Å²) in [6.45, 7) is 0.168. The average molecular weight is 357 g/mol. The van der Waals surface area contributed by atoms with Crippen molar-refractivity contribution >= 4 is 11.6 Å². The molecule has 4 rings (SSSR count). The van der Waals surface area contributed by atoms with E-state index >= 15 is 0 Å². The number of hydrogen-bond donors (Lipinski definition) is 0. The van der Waals surface area contributed by atoms with Gasteiger partial charge in [0.2, 0.25) is 11.6 Å². The summed E-state index contributed by atoms with van der Waals surface area (Å²) < 4.78 is 18.1. The van der Waals surface area contributed by atoms with Crippen molar-refractivity contribution in [2.45, 2.75) is 6.54 Å². The summed E-state index contributed by atoms with van der Waals surface area (Å²) in [7, 11) is 0. The molecule has 0 atom stereocenters. The van der Waals surface area contributed by atoms with Gasteiger partial charge in [-0.2, -0.15) is 9.78 Å². The molecule has 0 fully saturated rings. The van der Waals surface area contributed by atoms with Gasteiger partial charge < -0.3 is 4.52 Å². The molecule has 4 aromatic rings. The molecule has 0 bridgehead atoms. The quantitative estimate of drug-likeness (QED) is 0.558. The lowest BCUT2D eigenvalue weighted by atomic mass is 10.2. The first-order valence-electron chi connectivity index (χ1n) is 7.30. The molecule has 0 aliphatic rings. The molecule has 0 aliphatic carbocycles. The van der Waals surface area contributed by atoms with Crippen LogP contribution < -0.4 is 0 Å². The van der Waals surface area contributed by atoms with Crippen LogP contribution in [0.15, 0.2) is 53.1 Å². The van der Waals surface area contributed by atoms with Crippen molar-refractivity contribution in [3.8, 4) is 22.8 Å². The Bertz CT molecular complexity index is 1010. The molecule has 0 saturated heterocycles. The van der Waals surface area contributed by atoms with E-state index in [2.05, 4.69) is 25.6 Å². The Labute approximate surface area is 146 Å². The second kappa shape index (κ2) is 6.40. The van der Waals surface area contributed by atoms with Gasteiger partial charge in [-0.05, 0) is 41.6 Å². The number of rotatable bonds is 4. The highest BCUT2D eigenvalue weighted by molar-refractivity contribution is 6.30. The Hall–Kier alpha value is -3.13. The monoisotopic (exact) mass is 356 g/mol. The number of nitrogens with zero attached hydrogens (tertiary/aromatic N) is 6. The number of tetrazole rings is 1. The second-order valence-electron chi connectivity index (χ2n) is 5.17. The third-order valence-electron chi connectivity index (χ3n) is 3.38. The summed E-state index contributed by atoms with van der Waals surface area (Å²) >= 11 is 5.96. The molecular formula is C16H10ClFN6O. The summed E-state index contributed by atoms with van der Waals surface area (Å²) in [6.07, 6.45) is 0. The minimum absolute atomic E-state index is 0.168. The first-order chi connectivity index (χ1) is 12.2. The summed E-state index contributed by atoms with van der Waals surface area (Å²) in [5.41, 5.74) is 1.42. The molecule has 0 saturated carbocycles. The van der Waals surface area contributed by atoms with Crippen LogP contribution in [0.25, 0.3) is 22.8 Å². The molecule has 7 nitrogen and oxygen atoms in total. The van der Waals surface area contributed by atoms with E-state index in [4.69, 9.17) is 16.1 Å². The smallest absolute Gasteiger partial charge is 0.250 e. The van der Waals surface area contributed by atoms with Crippen LogP contribution >= 0.6 is 11.6 Å². The average Bonchev–Trinajstić information content (AvgIpc) is 3.26. The first-order valence-corrected chi connectivity index (χ1v) is 7.67. The van der Waals surface area contributed by atoms with Gasteiger partial charge in [-0.25, -0.2) is 4.39 Å². The molecule has 9 heteroatoms. The van der Waals surface area contributed by atoms with Crippen molar-refractivity contribution in [3.63, 3.8) is 0 Å². The van der Waals surface area contributed by atoms with E-state index in [-0.39, 0.29) is 12.4 Å². The van der Waals surface area contributed by atoms with E-state index in [1.807, 2.05) is 12.1 Å². The van der Waals surface area contributed by atoms with Crippen LogP contribution in [0.4, 0.5) is 4.39 Å². The Balaban J connectivity index is 1.52. The lowest BCUT2D eigenvalue weighted by Crippen LogP contribution is -2.04. The Morgan fingerprint density at radius 1 is 1.04 bits per heavy atom. The van der Waals surface area contributed by atoms with E-state index in [0.29, 0.717) is 28.1 Å². The standard InChI is InChI=1S/C16H10ClFN6O/c17-12-3-1-2-11(8-12)16-20-23-24(21-16)9-14-19-15(22-25-14)10-4-6-13(18)7-5-10/h1-8H,9H2. The highest BCUT2D eigenvalue weighted by atomic mass is 35.5. The molecule has 2 heterocycles. The molecule has 0 unspecified atom stereocenters. The first kappa shape index (κ1) is 15.4. The van der Waals surface area contributed by atoms with Gasteiger partial charge in [0.15, 0.2) is 0 Å². The van der Waals surface area contributed by atoms with Gasteiger partial charge in [0.25, 0.3) is 5.89 Å². The predicted octanol–water partition coefficient (Wildman–Crippen LogP) is 3.23. The highest BCUT2D eigenvalue weighted by Crippen LogP contribution is 2.19. The SMILES string of the molecule is Fc1ccc(-c2noc(Cn3nnc(-c4cccc(Cl)c4)n3)n2)cc1. The molecule has 0 spiro atoms. The number of halogens is 2. The molecule has 0 amide bonds. The molecule has 0 N–H and O–H groups in total. The molecular weight excluding hydrogens is 347 g/mol. The lowest BCUT2D eigenvalue weighted by Gasteiger charge is -1.95. The maximum atomic E-state index is 13.0. The zero-order chi connectivity index (χ0) is 17.2. The van der Waals surface area contributed by atoms with Crippen molar-refractivity contribution in [3.05, 3.63) is 65.3 Å². The van der Waals surface area contributed by atoms with Gasteiger partial charge in [0, 0.05) is 16.1 Å². The Morgan fingerprint density at radius 2 is 1.88 bits per heavy atom. The minimum Gasteiger partial charge on any atom is -0.337 e. The van der Waals surface area contributed by atoms with Crippen LogP contribution in [0.1, 0.15) is 5.89 Å². The number of aromatic nitrogens is 6. The van der Waals surface area contributed by atoms with Crippen LogP contribution in [-0.4, -0.2) is 30.3 Å². The van der Waals surface area contributed by atoms with Crippen molar-refractivity contribution in [1.82, 2.24) is 30.3 Å². The van der Waals surface area contributed by atoms with Crippen LogP contribution in [0.3, 0.4) is 0 Å². The van der Waals surface area contributed by atoms with Crippen LogP contribution in [0, 0.1) is 5.82 Å². The fraction of sp³-hybridized carbons (Fsp3) is 0.0625. The maximum Gasteiger partial charge on any atom is 0.250 e. The topological polar surface area (TPSA) is 82.5 Å². The van der Waals surface area contributed by atoms with Gasteiger partial charge in [-0.3, -0.25) is 0 Å². The molecule has 0 aliphatic heterocycles. The second-order valence-corrected chi connectivity index (χ2v) is 5.61. The summed E-state index contributed by atoms with van der Waals surface area (Å²) in [5.74, 6) is 0.799. The van der Waals surface area contributed by atoms with Crippen molar-refractivity contribution in [2.24, 2.45) is 0 Å². The fourth-order valence-corrected chi connectivity index (χ4v) is 2.40. The molecule has 124 valence electrons. The normalized spacial score (nSPS) is 11.0. The third-order valence-corrected chi connectivity index (χ3v) is 3.62. The zero-order valence-electron chi connectivity index (χ0n) is 12.7. The summed E-state index contributed by atoms with van der Waals surface area (Å²) in [6, 6.07) is 13.0. The van der Waals surface area contributed by atoms with E-state index in [9.17, 15) is 4.39 Å². The van der Waals surface area contributed by atoms with Gasteiger partial charge >= 0.3 is 0 Å². The van der Waals surface area contributed by atoms with E-state index in [1.54, 1.807) is 24.3 Å². The van der Waals surface area contributed by atoms with E-state index in [0.717, 1.165) is 5.56 Å². The van der Waals surface area contributed by atoms with Crippen molar-refractivity contribution in [1.29, 1.82) is 0 Å². The van der Waals surface area contributed by atoms with Crippen LogP contribution in [0.5, 0.6) is 0 Å². The van der Waals surface area contributed by atoms with Gasteiger partial charge in [-0.15, -0.1) is 10.2 Å². The van der Waals surface area contributed by atoms with Crippen molar-refractivity contribution < 1.29 is 8.91 Å². The van der Waals surface area contributed by atoms with Crippen LogP contribution in [0.2, 0.25) is 5.02 Å².